The zero-order valence-corrected chi connectivity index (χ0v) is 16.2. The van der Waals surface area contributed by atoms with Gasteiger partial charge in [0, 0.05) is 17.5 Å². The molecule has 0 bridgehead atoms. The van der Waals surface area contributed by atoms with Gasteiger partial charge in [0.15, 0.2) is 11.6 Å². The van der Waals surface area contributed by atoms with Crippen LogP contribution in [0.15, 0.2) is 22.0 Å². The van der Waals surface area contributed by atoms with Crippen molar-refractivity contribution in [3.8, 4) is 0 Å². The van der Waals surface area contributed by atoms with Crippen LogP contribution in [0.25, 0.3) is 10.9 Å². The summed E-state index contributed by atoms with van der Waals surface area (Å²) in [6.45, 7) is 3.50. The van der Waals surface area contributed by atoms with E-state index >= 15 is 0 Å². The second-order valence-electron chi connectivity index (χ2n) is 6.21. The fourth-order valence-corrected chi connectivity index (χ4v) is 3.97. The van der Waals surface area contributed by atoms with E-state index in [1.54, 1.807) is 18.4 Å². The number of benzene rings is 1. The Labute approximate surface area is 163 Å². The Morgan fingerprint density at radius 1 is 1.14 bits per heavy atom. The molecule has 150 valence electrons. The van der Waals surface area contributed by atoms with Crippen molar-refractivity contribution in [1.82, 2.24) is 4.57 Å². The molecule has 1 aromatic heterocycles. The number of pyridine rings is 1. The molecule has 1 aromatic carbocycles. The summed E-state index contributed by atoms with van der Waals surface area (Å²) in [6, 6.07) is 1.67. The number of carbonyl (C=O) groups excluding carboxylic acids is 2. The van der Waals surface area contributed by atoms with Crippen molar-refractivity contribution in [3.05, 3.63) is 39.6 Å². The van der Waals surface area contributed by atoms with Crippen LogP contribution in [0.1, 0.15) is 43.1 Å². The number of nitrogens with zero attached hydrogens (tertiary/aromatic N) is 1. The molecule has 3 rings (SSSR count). The first-order valence-electron chi connectivity index (χ1n) is 8.91. The molecule has 0 radical (unpaired) electrons. The third-order valence-electron chi connectivity index (χ3n) is 4.23. The van der Waals surface area contributed by atoms with Crippen LogP contribution in [-0.2, 0) is 14.3 Å². The Hall–Kier alpha value is -2.42. The van der Waals surface area contributed by atoms with Crippen molar-refractivity contribution in [1.29, 1.82) is 0 Å². The summed E-state index contributed by atoms with van der Waals surface area (Å²) in [5.74, 6) is -3.77. The first-order valence-corrected chi connectivity index (χ1v) is 9.90. The predicted octanol–water partition coefficient (Wildman–Crippen LogP) is 3.45. The molecule has 28 heavy (non-hydrogen) atoms. The van der Waals surface area contributed by atoms with E-state index in [1.807, 2.05) is 0 Å². The third kappa shape index (κ3) is 3.89. The minimum Gasteiger partial charge on any atom is -0.465 e. The van der Waals surface area contributed by atoms with Crippen LogP contribution >= 0.6 is 11.8 Å². The number of fused-ring (bicyclic) bond motifs is 1. The van der Waals surface area contributed by atoms with Gasteiger partial charge in [0.05, 0.1) is 29.5 Å². The molecule has 0 N–H and O–H groups in total. The zero-order valence-electron chi connectivity index (χ0n) is 15.4. The van der Waals surface area contributed by atoms with Gasteiger partial charge in [-0.15, -0.1) is 0 Å². The maximum absolute atomic E-state index is 13.9. The molecule has 0 saturated heterocycles. The molecule has 2 aromatic rings. The van der Waals surface area contributed by atoms with Gasteiger partial charge in [0.1, 0.15) is 5.56 Å². The highest BCUT2D eigenvalue weighted by Crippen LogP contribution is 2.41. The van der Waals surface area contributed by atoms with E-state index in [4.69, 9.17) is 9.47 Å². The molecule has 0 atom stereocenters. The van der Waals surface area contributed by atoms with E-state index in [0.29, 0.717) is 0 Å². The van der Waals surface area contributed by atoms with E-state index in [0.717, 1.165) is 36.7 Å². The predicted molar refractivity (Wildman–Crippen MR) is 99.7 cm³/mol. The highest BCUT2D eigenvalue weighted by Gasteiger charge is 2.33. The van der Waals surface area contributed by atoms with Gasteiger partial charge in [-0.05, 0) is 32.8 Å². The van der Waals surface area contributed by atoms with Gasteiger partial charge in [-0.3, -0.25) is 9.59 Å². The molecule has 1 saturated carbocycles. The number of hydrogen-bond donors (Lipinski definition) is 0. The van der Waals surface area contributed by atoms with Crippen LogP contribution < -0.4 is 5.43 Å². The smallest absolute Gasteiger partial charge is 0.344 e. The van der Waals surface area contributed by atoms with Crippen molar-refractivity contribution < 1.29 is 27.8 Å². The monoisotopic (exact) mass is 411 g/mol. The SMILES string of the molecule is CCOC(=O)CSc1c(C(=O)OCC)c(=O)c2cc(F)c(F)cc2n1C1CC1. The summed E-state index contributed by atoms with van der Waals surface area (Å²) in [5, 5.41) is 0.104. The number of ether oxygens (including phenoxy) is 2. The average Bonchev–Trinajstić information content (AvgIpc) is 3.47. The summed E-state index contributed by atoms with van der Waals surface area (Å²) < 4.78 is 39.3. The molecule has 1 aliphatic carbocycles. The fraction of sp³-hybridized carbons (Fsp3) is 0.421. The topological polar surface area (TPSA) is 74.6 Å². The molecule has 6 nitrogen and oxygen atoms in total. The van der Waals surface area contributed by atoms with Crippen LogP contribution in [0.5, 0.6) is 0 Å². The lowest BCUT2D eigenvalue weighted by molar-refractivity contribution is -0.139. The molecule has 1 heterocycles. The summed E-state index contributed by atoms with van der Waals surface area (Å²) in [6.07, 6.45) is 1.51. The Balaban J connectivity index is 2.26. The first kappa shape index (κ1) is 20.3. The van der Waals surface area contributed by atoms with Crippen LogP contribution in [0.4, 0.5) is 8.78 Å². The molecule has 1 fully saturated rings. The number of hydrogen-bond acceptors (Lipinski definition) is 6. The Morgan fingerprint density at radius 2 is 1.79 bits per heavy atom. The summed E-state index contributed by atoms with van der Waals surface area (Å²) in [5.41, 5.74) is -0.844. The number of rotatable bonds is 7. The van der Waals surface area contributed by atoms with Crippen LogP contribution in [0.3, 0.4) is 0 Å². The van der Waals surface area contributed by atoms with E-state index in [9.17, 15) is 23.2 Å². The standard InChI is InChI=1S/C19H19F2NO5S/c1-3-26-15(23)9-28-18-16(19(25)27-4-2)17(24)11-7-12(20)13(21)8-14(11)22(18)10-5-6-10/h7-8,10H,3-6,9H2,1-2H3. The summed E-state index contributed by atoms with van der Waals surface area (Å²) >= 11 is 0.955. The van der Waals surface area contributed by atoms with Crippen LogP contribution in [-0.4, -0.2) is 35.5 Å². The lowest BCUT2D eigenvalue weighted by Crippen LogP contribution is -2.24. The fourth-order valence-electron chi connectivity index (χ4n) is 2.93. The molecule has 0 unspecified atom stereocenters. The average molecular weight is 411 g/mol. The Morgan fingerprint density at radius 3 is 2.39 bits per heavy atom. The maximum Gasteiger partial charge on any atom is 0.344 e. The third-order valence-corrected chi connectivity index (χ3v) is 5.28. The normalized spacial score (nSPS) is 13.6. The molecule has 0 spiro atoms. The number of aromatic nitrogens is 1. The Bertz CT molecular complexity index is 1000. The highest BCUT2D eigenvalue weighted by molar-refractivity contribution is 8.00. The number of thioether (sulfide) groups is 1. The molecule has 0 aliphatic heterocycles. The van der Waals surface area contributed by atoms with Crippen molar-refractivity contribution in [2.24, 2.45) is 0 Å². The largest absolute Gasteiger partial charge is 0.465 e. The number of carbonyl (C=O) groups is 2. The lowest BCUT2D eigenvalue weighted by Gasteiger charge is -2.19. The number of esters is 2. The van der Waals surface area contributed by atoms with E-state index in [-0.39, 0.29) is 46.5 Å². The minimum absolute atomic E-state index is 0.0412. The lowest BCUT2D eigenvalue weighted by atomic mass is 10.1. The van der Waals surface area contributed by atoms with Crippen molar-refractivity contribution >= 4 is 34.6 Å². The van der Waals surface area contributed by atoms with E-state index in [1.165, 1.54) is 0 Å². The van der Waals surface area contributed by atoms with Crippen molar-refractivity contribution in [2.75, 3.05) is 19.0 Å². The minimum atomic E-state index is -1.17. The van der Waals surface area contributed by atoms with E-state index < -0.39 is 29.0 Å². The second kappa shape index (κ2) is 8.30. The van der Waals surface area contributed by atoms with Gasteiger partial charge in [-0.2, -0.15) is 0 Å². The maximum atomic E-state index is 13.9. The van der Waals surface area contributed by atoms with Crippen LogP contribution in [0, 0.1) is 11.6 Å². The first-order chi connectivity index (χ1) is 13.4. The van der Waals surface area contributed by atoms with Crippen LogP contribution in [0.2, 0.25) is 0 Å². The van der Waals surface area contributed by atoms with E-state index in [2.05, 4.69) is 0 Å². The van der Waals surface area contributed by atoms with Gasteiger partial charge in [0.25, 0.3) is 0 Å². The molecular formula is C19H19F2NO5S. The molecule has 1 aliphatic rings. The number of halogens is 2. The van der Waals surface area contributed by atoms with Crippen molar-refractivity contribution in [2.45, 2.75) is 37.8 Å². The Kier molecular flexibility index (Phi) is 6.02. The molecular weight excluding hydrogens is 392 g/mol. The van der Waals surface area contributed by atoms with Gasteiger partial charge in [-0.25, -0.2) is 13.6 Å². The molecule has 9 heteroatoms. The zero-order chi connectivity index (χ0) is 20.4. The summed E-state index contributed by atoms with van der Waals surface area (Å²) in [7, 11) is 0. The second-order valence-corrected chi connectivity index (χ2v) is 7.17. The van der Waals surface area contributed by atoms with Gasteiger partial charge < -0.3 is 14.0 Å². The summed E-state index contributed by atoms with van der Waals surface area (Å²) in [4.78, 5) is 37.3. The quantitative estimate of drug-likeness (QED) is 0.513. The molecule has 0 amide bonds. The van der Waals surface area contributed by atoms with Gasteiger partial charge in [0.2, 0.25) is 5.43 Å². The van der Waals surface area contributed by atoms with Crippen molar-refractivity contribution in [3.63, 3.8) is 0 Å². The van der Waals surface area contributed by atoms with Gasteiger partial charge in [-0.1, -0.05) is 11.8 Å². The van der Waals surface area contributed by atoms with Gasteiger partial charge >= 0.3 is 11.9 Å². The highest BCUT2D eigenvalue weighted by atomic mass is 32.2.